The molecule has 0 heterocycles. The number of nitrogens with one attached hydrogen (secondary N) is 1. The molecule has 0 bridgehead atoms. The first-order chi connectivity index (χ1) is 6.13. The summed E-state index contributed by atoms with van der Waals surface area (Å²) in [7, 11) is 1.53. The maximum absolute atomic E-state index is 10.5. The van der Waals surface area contributed by atoms with Crippen molar-refractivity contribution in [2.45, 2.75) is 0 Å². The zero-order valence-corrected chi connectivity index (χ0v) is 8.32. The van der Waals surface area contributed by atoms with E-state index in [2.05, 4.69) is 5.32 Å². The third-order valence-electron chi connectivity index (χ3n) is 1.41. The molecule has 0 aromatic heterocycles. The molecule has 1 amide bonds. The first-order valence-electron chi connectivity index (χ1n) is 3.43. The van der Waals surface area contributed by atoms with Crippen LogP contribution in [-0.2, 0) is 0 Å². The molecular formula is C8H7Cl2NO2. The Hall–Kier alpha value is -0.930. The number of carbonyl (C=O) groups excluding carboxylic acids is 1. The average Bonchev–Trinajstić information content (AvgIpc) is 2.08. The van der Waals surface area contributed by atoms with Crippen LogP contribution in [-0.4, -0.2) is 12.5 Å². The third-order valence-corrected chi connectivity index (χ3v) is 1.82. The fourth-order valence-corrected chi connectivity index (χ4v) is 1.15. The average molecular weight is 220 g/mol. The predicted octanol–water partition coefficient (Wildman–Crippen LogP) is 3.12. The number of halogens is 2. The maximum Gasteiger partial charge on any atom is 0.318 e. The van der Waals surface area contributed by atoms with Gasteiger partial charge in [0.1, 0.15) is 5.75 Å². The Bertz CT molecular complexity index is 328. The standard InChI is InChI=1S/C8H7Cl2NO2/c1-13-5-2-3-7(6(9)4-5)11-8(10)12/h2-4H,1H3,(H,11,12). The number of anilines is 1. The van der Waals surface area contributed by atoms with E-state index in [1.807, 2.05) is 0 Å². The monoisotopic (exact) mass is 219 g/mol. The predicted molar refractivity (Wildman–Crippen MR) is 52.9 cm³/mol. The Morgan fingerprint density at radius 3 is 2.69 bits per heavy atom. The van der Waals surface area contributed by atoms with Crippen LogP contribution >= 0.6 is 23.2 Å². The summed E-state index contributed by atoms with van der Waals surface area (Å²) in [5, 5.41) is 2.07. The second kappa shape index (κ2) is 4.35. The summed E-state index contributed by atoms with van der Waals surface area (Å²) in [5.41, 5.74) is 0.461. The van der Waals surface area contributed by atoms with Crippen molar-refractivity contribution >= 4 is 34.3 Å². The number of hydrogen-bond donors (Lipinski definition) is 1. The first kappa shape index (κ1) is 10.2. The van der Waals surface area contributed by atoms with Crippen LogP contribution in [0.4, 0.5) is 10.5 Å². The molecular weight excluding hydrogens is 213 g/mol. The number of methoxy groups -OCH3 is 1. The highest BCUT2D eigenvalue weighted by Crippen LogP contribution is 2.26. The van der Waals surface area contributed by atoms with Crippen LogP contribution in [0, 0.1) is 0 Å². The molecule has 0 atom stereocenters. The molecule has 5 heteroatoms. The second-order valence-electron chi connectivity index (χ2n) is 2.24. The molecule has 1 rings (SSSR count). The molecule has 0 radical (unpaired) electrons. The quantitative estimate of drug-likeness (QED) is 0.614. The molecule has 0 aliphatic carbocycles. The molecule has 1 N–H and O–H groups in total. The molecule has 0 fully saturated rings. The third kappa shape index (κ3) is 2.79. The molecule has 70 valence electrons. The Morgan fingerprint density at radius 1 is 1.54 bits per heavy atom. The smallest absolute Gasteiger partial charge is 0.318 e. The SMILES string of the molecule is COc1ccc(NC(=O)Cl)c(Cl)c1. The number of amides is 1. The minimum atomic E-state index is -0.674. The van der Waals surface area contributed by atoms with Gasteiger partial charge in [0, 0.05) is 6.07 Å². The van der Waals surface area contributed by atoms with Crippen molar-refractivity contribution in [3.8, 4) is 5.75 Å². The summed E-state index contributed by atoms with van der Waals surface area (Å²) in [6.45, 7) is 0. The van der Waals surface area contributed by atoms with Crippen molar-refractivity contribution in [3.63, 3.8) is 0 Å². The second-order valence-corrected chi connectivity index (χ2v) is 2.99. The van der Waals surface area contributed by atoms with Gasteiger partial charge in [-0.1, -0.05) is 11.6 Å². The van der Waals surface area contributed by atoms with E-state index in [1.54, 1.807) is 18.2 Å². The summed E-state index contributed by atoms with van der Waals surface area (Å²) in [6.07, 6.45) is 0. The fourth-order valence-electron chi connectivity index (χ4n) is 0.830. The van der Waals surface area contributed by atoms with E-state index in [9.17, 15) is 4.79 Å². The molecule has 0 saturated heterocycles. The van der Waals surface area contributed by atoms with Crippen molar-refractivity contribution in [2.75, 3.05) is 12.4 Å². The Morgan fingerprint density at radius 2 is 2.23 bits per heavy atom. The number of benzene rings is 1. The fraction of sp³-hybridized carbons (Fsp3) is 0.125. The Labute approximate surface area is 85.6 Å². The number of carbonyl (C=O) groups is 1. The van der Waals surface area contributed by atoms with E-state index < -0.39 is 5.37 Å². The summed E-state index contributed by atoms with van der Waals surface area (Å²) in [4.78, 5) is 10.5. The van der Waals surface area contributed by atoms with Gasteiger partial charge in [-0.05, 0) is 23.7 Å². The molecule has 0 spiro atoms. The highest BCUT2D eigenvalue weighted by atomic mass is 35.5. The summed E-state index contributed by atoms with van der Waals surface area (Å²) >= 11 is 10.9. The molecule has 1 aromatic rings. The van der Waals surface area contributed by atoms with Crippen molar-refractivity contribution in [2.24, 2.45) is 0 Å². The number of hydrogen-bond acceptors (Lipinski definition) is 2. The summed E-state index contributed by atoms with van der Waals surface area (Å²) in [5.74, 6) is 0.623. The van der Waals surface area contributed by atoms with E-state index in [4.69, 9.17) is 27.9 Å². The molecule has 3 nitrogen and oxygen atoms in total. The van der Waals surface area contributed by atoms with Gasteiger partial charge in [-0.3, -0.25) is 4.79 Å². The van der Waals surface area contributed by atoms with Crippen LogP contribution in [0.2, 0.25) is 5.02 Å². The van der Waals surface area contributed by atoms with Gasteiger partial charge in [-0.2, -0.15) is 0 Å². The van der Waals surface area contributed by atoms with Crippen LogP contribution < -0.4 is 10.1 Å². The first-order valence-corrected chi connectivity index (χ1v) is 4.19. The van der Waals surface area contributed by atoms with E-state index in [0.29, 0.717) is 16.5 Å². The van der Waals surface area contributed by atoms with Gasteiger partial charge in [-0.15, -0.1) is 0 Å². The topological polar surface area (TPSA) is 38.3 Å². The van der Waals surface area contributed by atoms with Crippen molar-refractivity contribution in [3.05, 3.63) is 23.2 Å². The molecule has 0 aliphatic rings. The van der Waals surface area contributed by atoms with Crippen LogP contribution in [0.1, 0.15) is 0 Å². The van der Waals surface area contributed by atoms with Crippen molar-refractivity contribution in [1.29, 1.82) is 0 Å². The summed E-state index contributed by atoms with van der Waals surface area (Å²) in [6, 6.07) is 4.87. The highest BCUT2D eigenvalue weighted by Gasteiger charge is 2.03. The van der Waals surface area contributed by atoms with Crippen LogP contribution in [0.15, 0.2) is 18.2 Å². The zero-order valence-electron chi connectivity index (χ0n) is 6.80. The van der Waals surface area contributed by atoms with Gasteiger partial charge < -0.3 is 10.1 Å². The zero-order chi connectivity index (χ0) is 9.84. The van der Waals surface area contributed by atoms with E-state index in [0.717, 1.165) is 0 Å². The highest BCUT2D eigenvalue weighted by molar-refractivity contribution is 6.66. The van der Waals surface area contributed by atoms with Gasteiger partial charge >= 0.3 is 5.37 Å². The minimum Gasteiger partial charge on any atom is -0.497 e. The van der Waals surface area contributed by atoms with Crippen LogP contribution in [0.5, 0.6) is 5.75 Å². The van der Waals surface area contributed by atoms with Gasteiger partial charge in [0.25, 0.3) is 0 Å². The lowest BCUT2D eigenvalue weighted by Gasteiger charge is -2.05. The van der Waals surface area contributed by atoms with E-state index in [-0.39, 0.29) is 0 Å². The lowest BCUT2D eigenvalue weighted by Crippen LogP contribution is -2.01. The molecule has 13 heavy (non-hydrogen) atoms. The van der Waals surface area contributed by atoms with Crippen molar-refractivity contribution in [1.82, 2.24) is 0 Å². The van der Waals surface area contributed by atoms with Gasteiger partial charge in [0.05, 0.1) is 17.8 Å². The number of rotatable bonds is 2. The van der Waals surface area contributed by atoms with E-state index >= 15 is 0 Å². The lowest BCUT2D eigenvalue weighted by atomic mass is 10.3. The number of ether oxygens (including phenoxy) is 1. The molecule has 0 unspecified atom stereocenters. The van der Waals surface area contributed by atoms with Crippen LogP contribution in [0.3, 0.4) is 0 Å². The normalized spacial score (nSPS) is 9.46. The van der Waals surface area contributed by atoms with Crippen molar-refractivity contribution < 1.29 is 9.53 Å². The molecule has 0 saturated carbocycles. The Balaban J connectivity index is 2.91. The van der Waals surface area contributed by atoms with Gasteiger partial charge in [-0.25, -0.2) is 0 Å². The van der Waals surface area contributed by atoms with Gasteiger partial charge in [0.2, 0.25) is 0 Å². The molecule has 0 aliphatic heterocycles. The lowest BCUT2D eigenvalue weighted by molar-refractivity contribution is 0.269. The largest absolute Gasteiger partial charge is 0.497 e. The summed E-state index contributed by atoms with van der Waals surface area (Å²) < 4.78 is 4.92. The molecule has 1 aromatic carbocycles. The van der Waals surface area contributed by atoms with Gasteiger partial charge in [0.15, 0.2) is 0 Å². The maximum atomic E-state index is 10.5. The van der Waals surface area contributed by atoms with E-state index in [1.165, 1.54) is 7.11 Å². The Kier molecular flexibility index (Phi) is 3.39. The van der Waals surface area contributed by atoms with Crippen LogP contribution in [0.25, 0.3) is 0 Å². The minimum absolute atomic E-state index is 0.383.